The van der Waals surface area contributed by atoms with Crippen LogP contribution in [0.5, 0.6) is 5.88 Å². The van der Waals surface area contributed by atoms with Crippen LogP contribution in [0.4, 0.5) is 0 Å². The third kappa shape index (κ3) is 3.98. The van der Waals surface area contributed by atoms with E-state index in [1.165, 1.54) is 6.92 Å². The number of ketones is 1. The molecule has 0 bridgehead atoms. The molecule has 0 N–H and O–H groups in total. The smallest absolute Gasteiger partial charge is 0.214 e. The van der Waals surface area contributed by atoms with Gasteiger partial charge in [-0.15, -0.1) is 0 Å². The highest BCUT2D eigenvalue weighted by Crippen LogP contribution is 2.11. The molecule has 0 saturated heterocycles. The highest BCUT2D eigenvalue weighted by molar-refractivity contribution is 5.94. The fourth-order valence-electron chi connectivity index (χ4n) is 1.22. The van der Waals surface area contributed by atoms with Crippen molar-refractivity contribution in [2.75, 3.05) is 13.2 Å². The first-order chi connectivity index (χ1) is 7.63. The molecule has 0 amide bonds. The number of nitrogens with zero attached hydrogens (tertiary/aromatic N) is 1. The van der Waals surface area contributed by atoms with Crippen LogP contribution in [0, 0.1) is 0 Å². The third-order valence-corrected chi connectivity index (χ3v) is 2.02. The Morgan fingerprint density at radius 1 is 1.56 bits per heavy atom. The first-order valence-corrected chi connectivity index (χ1v) is 5.35. The van der Waals surface area contributed by atoms with Gasteiger partial charge >= 0.3 is 0 Å². The summed E-state index contributed by atoms with van der Waals surface area (Å²) in [5.41, 5.74) is 0.605. The number of ether oxygens (including phenoxy) is 2. The summed E-state index contributed by atoms with van der Waals surface area (Å²) in [6.07, 6.45) is 1.49. The molecule has 1 heterocycles. The van der Waals surface area contributed by atoms with Gasteiger partial charge in [-0.05, 0) is 26.8 Å². The van der Waals surface area contributed by atoms with E-state index in [9.17, 15) is 4.79 Å². The molecular formula is C12H17NO3. The maximum atomic E-state index is 11.1. The second kappa shape index (κ2) is 6.23. The van der Waals surface area contributed by atoms with Crippen LogP contribution in [0.3, 0.4) is 0 Å². The second-order valence-corrected chi connectivity index (χ2v) is 3.53. The van der Waals surface area contributed by atoms with Gasteiger partial charge in [-0.2, -0.15) is 0 Å². The Hall–Kier alpha value is -1.42. The summed E-state index contributed by atoms with van der Waals surface area (Å²) in [6, 6.07) is 3.31. The summed E-state index contributed by atoms with van der Waals surface area (Å²) in [7, 11) is 0. The quantitative estimate of drug-likeness (QED) is 0.693. The zero-order valence-electron chi connectivity index (χ0n) is 9.90. The van der Waals surface area contributed by atoms with Gasteiger partial charge in [-0.1, -0.05) is 0 Å². The van der Waals surface area contributed by atoms with Crippen LogP contribution >= 0.6 is 0 Å². The molecule has 1 atom stereocenters. The Bertz CT molecular complexity index is 352. The number of carbonyl (C=O) groups is 1. The fraction of sp³-hybridized carbons (Fsp3) is 0.500. The largest absolute Gasteiger partial charge is 0.472 e. The summed E-state index contributed by atoms with van der Waals surface area (Å²) in [5.74, 6) is 0.463. The van der Waals surface area contributed by atoms with Gasteiger partial charge in [0.15, 0.2) is 5.78 Å². The fourth-order valence-corrected chi connectivity index (χ4v) is 1.22. The average Bonchev–Trinajstić information content (AvgIpc) is 2.26. The lowest BCUT2D eigenvalue weighted by Crippen LogP contribution is -2.19. The predicted octanol–water partition coefficient (Wildman–Crippen LogP) is 2.09. The number of aromatic nitrogens is 1. The van der Waals surface area contributed by atoms with Crippen LogP contribution in [0.25, 0.3) is 0 Å². The van der Waals surface area contributed by atoms with Gasteiger partial charge in [-0.25, -0.2) is 4.98 Å². The normalized spacial score (nSPS) is 12.2. The molecular weight excluding hydrogens is 206 g/mol. The molecule has 1 aromatic heterocycles. The summed E-state index contributed by atoms with van der Waals surface area (Å²) >= 11 is 0. The number of hydrogen-bond acceptors (Lipinski definition) is 4. The number of Topliss-reactive ketones (excluding diaryl/α,β-unsaturated/α-hetero) is 1. The highest BCUT2D eigenvalue weighted by Gasteiger charge is 2.07. The van der Waals surface area contributed by atoms with Gasteiger partial charge in [0.2, 0.25) is 5.88 Å². The standard InChI is InChI=1S/C12H17NO3/c1-4-15-8-9(2)16-12-7-11(10(3)14)5-6-13-12/h5-7,9H,4,8H2,1-3H3. The summed E-state index contributed by atoms with van der Waals surface area (Å²) in [6.45, 7) is 6.53. The van der Waals surface area contributed by atoms with E-state index in [1.54, 1.807) is 18.3 Å². The molecule has 4 nitrogen and oxygen atoms in total. The first kappa shape index (κ1) is 12.6. The van der Waals surface area contributed by atoms with E-state index in [1.807, 2.05) is 13.8 Å². The molecule has 0 aliphatic heterocycles. The molecule has 1 unspecified atom stereocenters. The summed E-state index contributed by atoms with van der Waals surface area (Å²) < 4.78 is 10.7. The Morgan fingerprint density at radius 3 is 2.94 bits per heavy atom. The molecule has 0 fully saturated rings. The van der Waals surface area contributed by atoms with E-state index >= 15 is 0 Å². The van der Waals surface area contributed by atoms with Gasteiger partial charge in [0.1, 0.15) is 6.10 Å². The van der Waals surface area contributed by atoms with Gasteiger partial charge in [0, 0.05) is 24.4 Å². The van der Waals surface area contributed by atoms with Gasteiger partial charge in [0.05, 0.1) is 6.61 Å². The number of carbonyl (C=O) groups excluding carboxylic acids is 1. The Balaban J connectivity index is 2.59. The van der Waals surface area contributed by atoms with Crippen LogP contribution in [0.15, 0.2) is 18.3 Å². The van der Waals surface area contributed by atoms with Crippen molar-refractivity contribution in [2.24, 2.45) is 0 Å². The lowest BCUT2D eigenvalue weighted by Gasteiger charge is -2.13. The minimum atomic E-state index is -0.0744. The van der Waals surface area contributed by atoms with E-state index in [2.05, 4.69) is 4.98 Å². The van der Waals surface area contributed by atoms with Crippen LogP contribution in [0.2, 0.25) is 0 Å². The first-order valence-electron chi connectivity index (χ1n) is 5.35. The molecule has 0 aromatic carbocycles. The maximum absolute atomic E-state index is 11.1. The van der Waals surface area contributed by atoms with Crippen LogP contribution in [0.1, 0.15) is 31.1 Å². The van der Waals surface area contributed by atoms with E-state index in [-0.39, 0.29) is 11.9 Å². The minimum absolute atomic E-state index is 0.00436. The number of rotatable bonds is 6. The number of hydrogen-bond donors (Lipinski definition) is 0. The minimum Gasteiger partial charge on any atom is -0.472 e. The van der Waals surface area contributed by atoms with Gasteiger partial charge in [0.25, 0.3) is 0 Å². The van der Waals surface area contributed by atoms with Crippen molar-refractivity contribution in [2.45, 2.75) is 26.9 Å². The van der Waals surface area contributed by atoms with Crippen LogP contribution in [-0.4, -0.2) is 30.1 Å². The van der Waals surface area contributed by atoms with Crippen molar-refractivity contribution in [3.05, 3.63) is 23.9 Å². The molecule has 0 saturated carbocycles. The maximum Gasteiger partial charge on any atom is 0.214 e. The summed E-state index contributed by atoms with van der Waals surface area (Å²) in [5, 5.41) is 0. The van der Waals surface area contributed by atoms with E-state index in [0.29, 0.717) is 24.7 Å². The Morgan fingerprint density at radius 2 is 2.31 bits per heavy atom. The van der Waals surface area contributed by atoms with Crippen LogP contribution in [-0.2, 0) is 4.74 Å². The Labute approximate surface area is 95.6 Å². The van der Waals surface area contributed by atoms with Crippen molar-refractivity contribution in [3.63, 3.8) is 0 Å². The van der Waals surface area contributed by atoms with Crippen LogP contribution < -0.4 is 4.74 Å². The molecule has 4 heteroatoms. The SMILES string of the molecule is CCOCC(C)Oc1cc(C(C)=O)ccn1. The topological polar surface area (TPSA) is 48.4 Å². The molecule has 0 aliphatic rings. The molecule has 1 rings (SSSR count). The highest BCUT2D eigenvalue weighted by atomic mass is 16.5. The number of pyridine rings is 1. The third-order valence-electron chi connectivity index (χ3n) is 2.02. The second-order valence-electron chi connectivity index (χ2n) is 3.53. The zero-order chi connectivity index (χ0) is 12.0. The average molecular weight is 223 g/mol. The van der Waals surface area contributed by atoms with Crippen molar-refractivity contribution in [1.82, 2.24) is 4.98 Å². The predicted molar refractivity (Wildman–Crippen MR) is 60.8 cm³/mol. The monoisotopic (exact) mass is 223 g/mol. The van der Waals surface area contributed by atoms with E-state index < -0.39 is 0 Å². The zero-order valence-corrected chi connectivity index (χ0v) is 9.90. The van der Waals surface area contributed by atoms with E-state index in [4.69, 9.17) is 9.47 Å². The molecule has 0 radical (unpaired) electrons. The lowest BCUT2D eigenvalue weighted by molar-refractivity contribution is 0.0633. The van der Waals surface area contributed by atoms with Crippen molar-refractivity contribution in [3.8, 4) is 5.88 Å². The molecule has 0 spiro atoms. The summed E-state index contributed by atoms with van der Waals surface area (Å²) in [4.78, 5) is 15.2. The van der Waals surface area contributed by atoms with Crippen molar-refractivity contribution < 1.29 is 14.3 Å². The molecule has 16 heavy (non-hydrogen) atoms. The van der Waals surface area contributed by atoms with Gasteiger partial charge < -0.3 is 9.47 Å². The van der Waals surface area contributed by atoms with Gasteiger partial charge in [-0.3, -0.25) is 4.79 Å². The molecule has 1 aromatic rings. The van der Waals surface area contributed by atoms with E-state index in [0.717, 1.165) is 0 Å². The molecule has 0 aliphatic carbocycles. The van der Waals surface area contributed by atoms with Crippen molar-refractivity contribution >= 4 is 5.78 Å². The lowest BCUT2D eigenvalue weighted by atomic mass is 10.2. The molecule has 88 valence electrons. The Kier molecular flexibility index (Phi) is 4.92. The van der Waals surface area contributed by atoms with Crippen molar-refractivity contribution in [1.29, 1.82) is 0 Å².